The highest BCUT2D eigenvalue weighted by molar-refractivity contribution is 6.14. The molecular formula is C22H34N4O8. The van der Waals surface area contributed by atoms with Crippen LogP contribution in [0.5, 0.6) is 0 Å². The van der Waals surface area contributed by atoms with Crippen molar-refractivity contribution in [3.63, 3.8) is 0 Å². The maximum Gasteiger partial charge on any atom is 0.407 e. The quantitative estimate of drug-likeness (QED) is 0.227. The minimum Gasteiger partial charge on any atom is -0.480 e. The SMILES string of the molecule is CC(C)[C@H](NC(=O)CN1C(=O)C=CC1=O)C(=O)N[C@@H](CCCCNC(=O)OC(C)(C)C)C(=O)O. The fraction of sp³-hybridized carbons (Fsp3) is 0.636. The van der Waals surface area contributed by atoms with Crippen LogP contribution >= 0.6 is 0 Å². The van der Waals surface area contributed by atoms with Crippen LogP contribution in [0.1, 0.15) is 53.9 Å². The Labute approximate surface area is 198 Å². The van der Waals surface area contributed by atoms with Gasteiger partial charge in [-0.05, 0) is 46.0 Å². The van der Waals surface area contributed by atoms with Crippen molar-refractivity contribution in [2.75, 3.05) is 13.1 Å². The number of hydrogen-bond acceptors (Lipinski definition) is 7. The number of carboxylic acids is 1. The number of imide groups is 1. The molecule has 0 aromatic carbocycles. The lowest BCUT2D eigenvalue weighted by atomic mass is 10.0. The normalized spacial score (nSPS) is 15.2. The Balaban J connectivity index is 2.55. The summed E-state index contributed by atoms with van der Waals surface area (Å²) in [5.41, 5.74) is -0.623. The zero-order valence-corrected chi connectivity index (χ0v) is 20.2. The topological polar surface area (TPSA) is 171 Å². The monoisotopic (exact) mass is 482 g/mol. The molecule has 34 heavy (non-hydrogen) atoms. The second-order valence-corrected chi connectivity index (χ2v) is 9.21. The number of hydrogen-bond donors (Lipinski definition) is 4. The lowest BCUT2D eigenvalue weighted by Gasteiger charge is -2.25. The van der Waals surface area contributed by atoms with Gasteiger partial charge < -0.3 is 25.8 Å². The molecule has 12 heteroatoms. The van der Waals surface area contributed by atoms with Crippen LogP contribution in [-0.4, -0.2) is 76.5 Å². The molecule has 1 aliphatic rings. The van der Waals surface area contributed by atoms with E-state index in [0.29, 0.717) is 12.8 Å². The molecule has 0 saturated heterocycles. The Kier molecular flexibility index (Phi) is 10.7. The zero-order chi connectivity index (χ0) is 26.1. The summed E-state index contributed by atoms with van der Waals surface area (Å²) in [4.78, 5) is 72.1. The van der Waals surface area contributed by atoms with Crippen molar-refractivity contribution < 1.29 is 38.6 Å². The number of rotatable bonds is 12. The van der Waals surface area contributed by atoms with E-state index in [-0.39, 0.29) is 18.9 Å². The molecule has 1 heterocycles. The second kappa shape index (κ2) is 12.7. The summed E-state index contributed by atoms with van der Waals surface area (Å²) in [5.74, 6) is -4.30. The van der Waals surface area contributed by atoms with E-state index in [2.05, 4.69) is 16.0 Å². The summed E-state index contributed by atoms with van der Waals surface area (Å²) in [6.45, 7) is 8.27. The molecular weight excluding hydrogens is 448 g/mol. The molecule has 0 aromatic rings. The van der Waals surface area contributed by atoms with Gasteiger partial charge >= 0.3 is 12.1 Å². The molecule has 0 fully saturated rings. The number of alkyl carbamates (subject to hydrolysis) is 1. The van der Waals surface area contributed by atoms with Crippen LogP contribution < -0.4 is 16.0 Å². The van der Waals surface area contributed by atoms with E-state index in [1.807, 2.05) is 0 Å². The predicted molar refractivity (Wildman–Crippen MR) is 120 cm³/mol. The van der Waals surface area contributed by atoms with Crippen molar-refractivity contribution in [3.05, 3.63) is 12.2 Å². The van der Waals surface area contributed by atoms with Crippen LogP contribution in [0.2, 0.25) is 0 Å². The third kappa shape index (κ3) is 10.0. The van der Waals surface area contributed by atoms with Gasteiger partial charge in [-0.15, -0.1) is 0 Å². The third-order valence-electron chi connectivity index (χ3n) is 4.67. The summed E-state index contributed by atoms with van der Waals surface area (Å²) in [7, 11) is 0. The number of ether oxygens (including phenoxy) is 1. The number of nitrogens with one attached hydrogen (secondary N) is 3. The van der Waals surface area contributed by atoms with Crippen molar-refractivity contribution in [1.29, 1.82) is 0 Å². The molecule has 0 unspecified atom stereocenters. The molecule has 0 saturated carbocycles. The number of carbonyl (C=O) groups excluding carboxylic acids is 5. The summed E-state index contributed by atoms with van der Waals surface area (Å²) in [6, 6.07) is -2.26. The van der Waals surface area contributed by atoms with Gasteiger partial charge in [0, 0.05) is 18.7 Å². The average Bonchev–Trinajstić information content (AvgIpc) is 3.01. The highest BCUT2D eigenvalue weighted by atomic mass is 16.6. The largest absolute Gasteiger partial charge is 0.480 e. The highest BCUT2D eigenvalue weighted by Gasteiger charge is 2.31. The van der Waals surface area contributed by atoms with E-state index in [9.17, 15) is 33.9 Å². The Morgan fingerprint density at radius 3 is 2.12 bits per heavy atom. The highest BCUT2D eigenvalue weighted by Crippen LogP contribution is 2.09. The van der Waals surface area contributed by atoms with E-state index in [1.165, 1.54) is 0 Å². The summed E-state index contributed by atoms with van der Waals surface area (Å²) >= 11 is 0. The summed E-state index contributed by atoms with van der Waals surface area (Å²) in [5, 5.41) is 16.9. The standard InChI is InChI=1S/C22H34N4O8/c1-13(2)18(25-15(27)12-26-16(28)9-10-17(26)29)19(30)24-14(20(31)32)8-6-7-11-23-21(33)34-22(3,4)5/h9-10,13-14,18H,6-8,11-12H2,1-5H3,(H,23,33)(H,24,30)(H,25,27)(H,31,32)/t14-,18-/m0/s1. The van der Waals surface area contributed by atoms with Crippen LogP contribution in [0.25, 0.3) is 0 Å². The number of aliphatic carboxylic acids is 1. The first-order chi connectivity index (χ1) is 15.7. The molecule has 1 rings (SSSR count). The second-order valence-electron chi connectivity index (χ2n) is 9.21. The van der Waals surface area contributed by atoms with Gasteiger partial charge in [-0.3, -0.25) is 24.1 Å². The fourth-order valence-electron chi connectivity index (χ4n) is 2.98. The van der Waals surface area contributed by atoms with Gasteiger partial charge in [0.15, 0.2) is 0 Å². The van der Waals surface area contributed by atoms with E-state index >= 15 is 0 Å². The first-order valence-electron chi connectivity index (χ1n) is 11.0. The summed E-state index contributed by atoms with van der Waals surface area (Å²) < 4.78 is 5.11. The van der Waals surface area contributed by atoms with Crippen LogP contribution in [0.3, 0.4) is 0 Å². The number of nitrogens with zero attached hydrogens (tertiary/aromatic N) is 1. The Morgan fingerprint density at radius 1 is 1.03 bits per heavy atom. The molecule has 12 nitrogen and oxygen atoms in total. The van der Waals surface area contributed by atoms with Crippen molar-refractivity contribution in [2.24, 2.45) is 5.92 Å². The van der Waals surface area contributed by atoms with Crippen molar-refractivity contribution in [1.82, 2.24) is 20.9 Å². The number of carboxylic acid groups (broad SMARTS) is 1. The Morgan fingerprint density at radius 2 is 1.62 bits per heavy atom. The van der Waals surface area contributed by atoms with E-state index in [1.54, 1.807) is 34.6 Å². The van der Waals surface area contributed by atoms with Crippen molar-refractivity contribution >= 4 is 35.7 Å². The van der Waals surface area contributed by atoms with Gasteiger partial charge in [-0.2, -0.15) is 0 Å². The smallest absolute Gasteiger partial charge is 0.407 e. The average molecular weight is 483 g/mol. The molecule has 0 radical (unpaired) electrons. The van der Waals surface area contributed by atoms with Crippen LogP contribution in [0.4, 0.5) is 4.79 Å². The first-order valence-corrected chi connectivity index (χ1v) is 11.0. The number of amides is 5. The molecule has 5 amide bonds. The minimum atomic E-state index is -1.23. The zero-order valence-electron chi connectivity index (χ0n) is 20.2. The van der Waals surface area contributed by atoms with Gasteiger partial charge in [-0.1, -0.05) is 13.8 Å². The number of carbonyl (C=O) groups is 6. The van der Waals surface area contributed by atoms with Gasteiger partial charge in [0.2, 0.25) is 11.8 Å². The van der Waals surface area contributed by atoms with E-state index in [0.717, 1.165) is 17.1 Å². The first kappa shape index (κ1) is 28.6. The molecule has 190 valence electrons. The molecule has 0 aromatic heterocycles. The van der Waals surface area contributed by atoms with Crippen molar-refractivity contribution in [3.8, 4) is 0 Å². The maximum absolute atomic E-state index is 12.7. The van der Waals surface area contributed by atoms with Crippen LogP contribution in [-0.2, 0) is 28.7 Å². The van der Waals surface area contributed by atoms with Crippen LogP contribution in [0, 0.1) is 5.92 Å². The minimum absolute atomic E-state index is 0.109. The summed E-state index contributed by atoms with van der Waals surface area (Å²) in [6.07, 6.45) is 2.50. The van der Waals surface area contributed by atoms with Gasteiger partial charge in [0.05, 0.1) is 0 Å². The fourth-order valence-corrected chi connectivity index (χ4v) is 2.98. The Bertz CT molecular complexity index is 813. The van der Waals surface area contributed by atoms with Gasteiger partial charge in [-0.25, -0.2) is 9.59 Å². The Hall–Kier alpha value is -3.44. The van der Waals surface area contributed by atoms with Gasteiger partial charge in [0.25, 0.3) is 11.8 Å². The predicted octanol–water partition coefficient (Wildman–Crippen LogP) is 0.317. The molecule has 0 spiro atoms. The number of unbranched alkanes of at least 4 members (excludes halogenated alkanes) is 1. The lowest BCUT2D eigenvalue weighted by Crippen LogP contribution is -2.55. The van der Waals surface area contributed by atoms with Crippen molar-refractivity contribution in [2.45, 2.75) is 71.6 Å². The lowest BCUT2D eigenvalue weighted by molar-refractivity contribution is -0.144. The molecule has 0 aliphatic carbocycles. The molecule has 1 aliphatic heterocycles. The molecule has 0 bridgehead atoms. The third-order valence-corrected chi connectivity index (χ3v) is 4.67. The van der Waals surface area contributed by atoms with E-state index < -0.39 is 59.9 Å². The molecule has 2 atom stereocenters. The van der Waals surface area contributed by atoms with Crippen LogP contribution in [0.15, 0.2) is 12.2 Å². The maximum atomic E-state index is 12.7. The van der Waals surface area contributed by atoms with E-state index in [4.69, 9.17) is 4.74 Å². The van der Waals surface area contributed by atoms with Gasteiger partial charge in [0.1, 0.15) is 24.2 Å². The molecule has 4 N–H and O–H groups in total.